The molecule has 0 spiro atoms. The van der Waals surface area contributed by atoms with E-state index >= 15 is 0 Å². The van der Waals surface area contributed by atoms with E-state index in [9.17, 15) is 0 Å². The third-order valence-electron chi connectivity index (χ3n) is 3.13. The summed E-state index contributed by atoms with van der Waals surface area (Å²) in [5.41, 5.74) is 3.37. The molecule has 0 aliphatic heterocycles. The molecule has 1 nitrogen and oxygen atoms in total. The molecular weight excluding hydrogens is 383 g/mol. The lowest BCUT2D eigenvalue weighted by Gasteiger charge is -2.00. The molecule has 1 aromatic heterocycles. The summed E-state index contributed by atoms with van der Waals surface area (Å²) in [6.45, 7) is 2.08. The molecule has 0 radical (unpaired) electrons. The second kappa shape index (κ2) is 5.62. The number of halogens is 2. The topological polar surface area (TPSA) is 13.1 Å². The summed E-state index contributed by atoms with van der Waals surface area (Å²) < 4.78 is 7.12. The maximum absolute atomic E-state index is 6.02. The first-order chi connectivity index (χ1) is 9.63. The standard InChI is InChI=1S/C17H12ClIO/c1-11-2-4-13(5-3-11)17-15(19)10-16(20-17)12-6-8-14(18)9-7-12/h2-10H,1H3. The smallest absolute Gasteiger partial charge is 0.148 e. The molecule has 0 amide bonds. The fourth-order valence-corrected chi connectivity index (χ4v) is 2.86. The van der Waals surface area contributed by atoms with E-state index in [1.807, 2.05) is 24.3 Å². The minimum atomic E-state index is 0.730. The number of hydrogen-bond acceptors (Lipinski definition) is 1. The Morgan fingerprint density at radius 1 is 0.900 bits per heavy atom. The van der Waals surface area contributed by atoms with Gasteiger partial charge in [0.1, 0.15) is 11.5 Å². The van der Waals surface area contributed by atoms with Gasteiger partial charge in [-0.05, 0) is 59.8 Å². The van der Waals surface area contributed by atoms with Crippen LogP contribution in [0.4, 0.5) is 0 Å². The quantitative estimate of drug-likeness (QED) is 0.473. The van der Waals surface area contributed by atoms with Crippen molar-refractivity contribution in [1.82, 2.24) is 0 Å². The maximum atomic E-state index is 6.02. The summed E-state index contributed by atoms with van der Waals surface area (Å²) >= 11 is 8.22. The third kappa shape index (κ3) is 2.76. The summed E-state index contributed by atoms with van der Waals surface area (Å²) in [5.74, 6) is 1.78. The van der Waals surface area contributed by atoms with Crippen molar-refractivity contribution in [3.63, 3.8) is 0 Å². The van der Waals surface area contributed by atoms with Crippen molar-refractivity contribution in [3.8, 4) is 22.6 Å². The normalized spacial score (nSPS) is 10.8. The van der Waals surface area contributed by atoms with Crippen molar-refractivity contribution < 1.29 is 4.42 Å². The first-order valence-corrected chi connectivity index (χ1v) is 7.71. The molecule has 0 bridgehead atoms. The molecule has 0 unspecified atom stereocenters. The molecule has 0 aliphatic rings. The van der Waals surface area contributed by atoms with Gasteiger partial charge in [-0.3, -0.25) is 0 Å². The number of rotatable bonds is 2. The summed E-state index contributed by atoms with van der Waals surface area (Å²) in [7, 11) is 0. The fraction of sp³-hybridized carbons (Fsp3) is 0.0588. The minimum absolute atomic E-state index is 0.730. The van der Waals surface area contributed by atoms with Gasteiger partial charge in [0.25, 0.3) is 0 Å². The SMILES string of the molecule is Cc1ccc(-c2oc(-c3ccc(Cl)cc3)cc2I)cc1. The number of hydrogen-bond donors (Lipinski definition) is 0. The second-order valence-corrected chi connectivity index (χ2v) is 6.26. The summed E-state index contributed by atoms with van der Waals surface area (Å²) in [4.78, 5) is 0. The van der Waals surface area contributed by atoms with Gasteiger partial charge in [0.15, 0.2) is 0 Å². The molecule has 3 rings (SSSR count). The first kappa shape index (κ1) is 13.7. The highest BCUT2D eigenvalue weighted by molar-refractivity contribution is 14.1. The predicted molar refractivity (Wildman–Crippen MR) is 92.0 cm³/mol. The van der Waals surface area contributed by atoms with Crippen LogP contribution in [-0.2, 0) is 0 Å². The Kier molecular flexibility index (Phi) is 3.85. The number of aryl methyl sites for hydroxylation is 1. The van der Waals surface area contributed by atoms with Crippen LogP contribution in [0.2, 0.25) is 5.02 Å². The van der Waals surface area contributed by atoms with Gasteiger partial charge in [-0.1, -0.05) is 41.4 Å². The van der Waals surface area contributed by atoms with E-state index in [2.05, 4.69) is 59.8 Å². The molecular formula is C17H12ClIO. The number of benzene rings is 2. The first-order valence-electron chi connectivity index (χ1n) is 6.26. The molecule has 0 atom stereocenters. The second-order valence-electron chi connectivity index (χ2n) is 4.66. The van der Waals surface area contributed by atoms with Crippen LogP contribution < -0.4 is 0 Å². The van der Waals surface area contributed by atoms with Gasteiger partial charge in [-0.15, -0.1) is 0 Å². The maximum Gasteiger partial charge on any atom is 0.148 e. The van der Waals surface area contributed by atoms with Crippen LogP contribution in [0.25, 0.3) is 22.6 Å². The van der Waals surface area contributed by atoms with E-state index in [-0.39, 0.29) is 0 Å². The van der Waals surface area contributed by atoms with E-state index < -0.39 is 0 Å². The van der Waals surface area contributed by atoms with Crippen molar-refractivity contribution in [3.05, 3.63) is 68.8 Å². The van der Waals surface area contributed by atoms with Crippen molar-refractivity contribution in [2.45, 2.75) is 6.92 Å². The van der Waals surface area contributed by atoms with Gasteiger partial charge in [0.05, 0.1) is 3.57 Å². The summed E-state index contributed by atoms with van der Waals surface area (Å²) in [5, 5.41) is 0.730. The average Bonchev–Trinajstić information content (AvgIpc) is 2.82. The van der Waals surface area contributed by atoms with Gasteiger partial charge in [-0.25, -0.2) is 0 Å². The van der Waals surface area contributed by atoms with Gasteiger partial charge < -0.3 is 4.42 Å². The molecule has 2 aromatic carbocycles. The van der Waals surface area contributed by atoms with Crippen LogP contribution in [0.1, 0.15) is 5.56 Å². The van der Waals surface area contributed by atoms with Gasteiger partial charge >= 0.3 is 0 Å². The van der Waals surface area contributed by atoms with E-state index in [0.29, 0.717) is 0 Å². The average molecular weight is 395 g/mol. The largest absolute Gasteiger partial charge is 0.455 e. The minimum Gasteiger partial charge on any atom is -0.455 e. The van der Waals surface area contributed by atoms with Crippen LogP contribution in [0, 0.1) is 10.5 Å². The molecule has 3 heteroatoms. The van der Waals surface area contributed by atoms with Crippen molar-refractivity contribution in [1.29, 1.82) is 0 Å². The highest BCUT2D eigenvalue weighted by atomic mass is 127. The Morgan fingerprint density at radius 3 is 2.15 bits per heavy atom. The molecule has 100 valence electrons. The van der Waals surface area contributed by atoms with E-state index in [4.69, 9.17) is 16.0 Å². The lowest BCUT2D eigenvalue weighted by molar-refractivity contribution is 0.596. The Morgan fingerprint density at radius 2 is 1.50 bits per heavy atom. The van der Waals surface area contributed by atoms with Crippen LogP contribution in [0.5, 0.6) is 0 Å². The molecule has 3 aromatic rings. The highest BCUT2D eigenvalue weighted by Gasteiger charge is 2.12. The van der Waals surface area contributed by atoms with Gasteiger partial charge in [-0.2, -0.15) is 0 Å². The summed E-state index contributed by atoms with van der Waals surface area (Å²) in [6, 6.07) is 18.1. The van der Waals surface area contributed by atoms with Gasteiger partial charge in [0, 0.05) is 16.1 Å². The number of furan rings is 1. The zero-order valence-electron chi connectivity index (χ0n) is 10.9. The Balaban J connectivity index is 2.02. The van der Waals surface area contributed by atoms with Gasteiger partial charge in [0.2, 0.25) is 0 Å². The molecule has 0 aliphatic carbocycles. The van der Waals surface area contributed by atoms with E-state index in [1.165, 1.54) is 5.56 Å². The lowest BCUT2D eigenvalue weighted by atomic mass is 10.1. The van der Waals surface area contributed by atoms with Crippen LogP contribution in [0.3, 0.4) is 0 Å². The Bertz CT molecular complexity index is 727. The van der Waals surface area contributed by atoms with Crippen molar-refractivity contribution in [2.24, 2.45) is 0 Å². The Hall–Kier alpha value is -1.26. The zero-order valence-corrected chi connectivity index (χ0v) is 13.8. The summed E-state index contributed by atoms with van der Waals surface area (Å²) in [6.07, 6.45) is 0. The Labute approximate surface area is 136 Å². The van der Waals surface area contributed by atoms with E-state index in [1.54, 1.807) is 0 Å². The fourth-order valence-electron chi connectivity index (χ4n) is 2.03. The molecule has 0 saturated carbocycles. The van der Waals surface area contributed by atoms with Crippen LogP contribution in [0.15, 0.2) is 59.0 Å². The van der Waals surface area contributed by atoms with Crippen LogP contribution >= 0.6 is 34.2 Å². The highest BCUT2D eigenvalue weighted by Crippen LogP contribution is 2.33. The molecule has 0 fully saturated rings. The molecule has 0 N–H and O–H groups in total. The van der Waals surface area contributed by atoms with Crippen LogP contribution in [-0.4, -0.2) is 0 Å². The molecule has 0 saturated heterocycles. The zero-order chi connectivity index (χ0) is 14.1. The predicted octanol–water partition coefficient (Wildman–Crippen LogP) is 6.18. The van der Waals surface area contributed by atoms with Crippen molar-refractivity contribution >= 4 is 34.2 Å². The lowest BCUT2D eigenvalue weighted by Crippen LogP contribution is -1.77. The third-order valence-corrected chi connectivity index (χ3v) is 4.18. The monoisotopic (exact) mass is 394 g/mol. The molecule has 20 heavy (non-hydrogen) atoms. The van der Waals surface area contributed by atoms with Crippen molar-refractivity contribution in [2.75, 3.05) is 0 Å². The molecule has 1 heterocycles. The van der Waals surface area contributed by atoms with E-state index in [0.717, 1.165) is 31.2 Å².